The Morgan fingerprint density at radius 3 is 2.48 bits per heavy atom. The lowest BCUT2D eigenvalue weighted by Crippen LogP contribution is -2.19. The van der Waals surface area contributed by atoms with Crippen LogP contribution in [0.15, 0.2) is 0 Å². The second kappa shape index (κ2) is 10.1. The number of hydrogen-bond donors (Lipinski definition) is 3. The van der Waals surface area contributed by atoms with E-state index in [0.717, 1.165) is 6.42 Å². The quantitative estimate of drug-likeness (QED) is 0.554. The molecule has 0 saturated carbocycles. The number of nitrogens with zero attached hydrogens (tertiary/aromatic N) is 3. The van der Waals surface area contributed by atoms with Crippen LogP contribution in [0, 0.1) is 0 Å². The molecule has 0 amide bonds. The highest BCUT2D eigenvalue weighted by Gasteiger charge is 2.08. The second-order valence-electron chi connectivity index (χ2n) is 4.47. The Labute approximate surface area is 125 Å². The van der Waals surface area contributed by atoms with Crippen molar-refractivity contribution in [3.05, 3.63) is 0 Å². The number of aliphatic hydroxyl groups excluding tert-OH is 1. The lowest BCUT2D eigenvalue weighted by atomic mass is 10.3. The number of ether oxygens (including phenoxy) is 2. The van der Waals surface area contributed by atoms with Gasteiger partial charge in [-0.3, -0.25) is 0 Å². The van der Waals surface area contributed by atoms with E-state index in [9.17, 15) is 5.11 Å². The molecule has 0 aliphatic rings. The van der Waals surface area contributed by atoms with Crippen molar-refractivity contribution in [3.63, 3.8) is 0 Å². The molecule has 0 radical (unpaired) electrons. The highest BCUT2D eigenvalue weighted by atomic mass is 16.5. The van der Waals surface area contributed by atoms with Gasteiger partial charge in [0.1, 0.15) is 0 Å². The molecule has 1 rings (SSSR count). The van der Waals surface area contributed by atoms with Crippen LogP contribution in [0.5, 0.6) is 6.01 Å². The summed E-state index contributed by atoms with van der Waals surface area (Å²) in [6.07, 6.45) is 0.920. The molecule has 0 bridgehead atoms. The van der Waals surface area contributed by atoms with Crippen LogP contribution in [0.4, 0.5) is 11.9 Å². The van der Waals surface area contributed by atoms with E-state index in [4.69, 9.17) is 9.47 Å². The number of aliphatic hydroxyl groups is 1. The molecule has 0 saturated heterocycles. The molecule has 1 aromatic rings. The van der Waals surface area contributed by atoms with Crippen molar-refractivity contribution in [2.45, 2.75) is 32.8 Å². The van der Waals surface area contributed by atoms with Gasteiger partial charge >= 0.3 is 6.01 Å². The van der Waals surface area contributed by atoms with Crippen LogP contribution in [0.3, 0.4) is 0 Å². The van der Waals surface area contributed by atoms with Gasteiger partial charge in [-0.25, -0.2) is 0 Å². The highest BCUT2D eigenvalue weighted by Crippen LogP contribution is 2.11. The van der Waals surface area contributed by atoms with Crippen LogP contribution < -0.4 is 15.4 Å². The van der Waals surface area contributed by atoms with Crippen molar-refractivity contribution >= 4 is 11.9 Å². The molecule has 21 heavy (non-hydrogen) atoms. The third-order valence-electron chi connectivity index (χ3n) is 2.50. The smallest absolute Gasteiger partial charge is 0.323 e. The Morgan fingerprint density at radius 2 is 1.86 bits per heavy atom. The Bertz CT molecular complexity index is 405. The van der Waals surface area contributed by atoms with E-state index >= 15 is 0 Å². The second-order valence-corrected chi connectivity index (χ2v) is 4.47. The minimum absolute atomic E-state index is 0.294. The topological polar surface area (TPSA) is 101 Å². The predicted molar refractivity (Wildman–Crippen MR) is 80.8 cm³/mol. The van der Waals surface area contributed by atoms with Gasteiger partial charge in [-0.15, -0.1) is 0 Å². The van der Waals surface area contributed by atoms with E-state index < -0.39 is 6.10 Å². The molecule has 0 fully saturated rings. The van der Waals surface area contributed by atoms with Gasteiger partial charge in [0.15, 0.2) is 0 Å². The zero-order chi connectivity index (χ0) is 15.5. The minimum Gasteiger partial charge on any atom is -0.463 e. The first-order valence-corrected chi connectivity index (χ1v) is 7.23. The van der Waals surface area contributed by atoms with Crippen molar-refractivity contribution < 1.29 is 14.6 Å². The molecule has 120 valence electrons. The zero-order valence-electron chi connectivity index (χ0n) is 12.9. The van der Waals surface area contributed by atoms with Crippen LogP contribution >= 0.6 is 0 Å². The summed E-state index contributed by atoms with van der Waals surface area (Å²) in [5.74, 6) is 0.898. The average Bonchev–Trinajstić information content (AvgIpc) is 2.45. The molecule has 0 aliphatic carbocycles. The molecule has 1 atom stereocenters. The Morgan fingerprint density at radius 1 is 1.14 bits per heavy atom. The van der Waals surface area contributed by atoms with Gasteiger partial charge in [0.2, 0.25) is 11.9 Å². The molecule has 0 aliphatic heterocycles. The lowest BCUT2D eigenvalue weighted by Gasteiger charge is -2.11. The highest BCUT2D eigenvalue weighted by molar-refractivity contribution is 5.35. The van der Waals surface area contributed by atoms with Gasteiger partial charge in [-0.1, -0.05) is 6.92 Å². The number of nitrogens with one attached hydrogen (secondary N) is 2. The fraction of sp³-hybridized carbons (Fsp3) is 0.769. The maximum absolute atomic E-state index is 9.58. The SMILES string of the molecule is CCCOc1nc(NCC)nc(NCCC(O)COC)n1. The first-order chi connectivity index (χ1) is 10.2. The summed E-state index contributed by atoms with van der Waals surface area (Å²) in [5, 5.41) is 15.7. The fourth-order valence-electron chi connectivity index (χ4n) is 1.56. The largest absolute Gasteiger partial charge is 0.463 e. The van der Waals surface area contributed by atoms with Crippen molar-refractivity contribution in [2.75, 3.05) is 44.0 Å². The number of aromatic nitrogens is 3. The van der Waals surface area contributed by atoms with Gasteiger partial charge in [0.05, 0.1) is 19.3 Å². The number of rotatable bonds is 11. The molecule has 8 heteroatoms. The van der Waals surface area contributed by atoms with Gasteiger partial charge in [-0.05, 0) is 19.8 Å². The van der Waals surface area contributed by atoms with E-state index in [0.29, 0.717) is 50.6 Å². The van der Waals surface area contributed by atoms with Gasteiger partial charge in [-0.2, -0.15) is 15.0 Å². The molecule has 1 unspecified atom stereocenters. The average molecular weight is 299 g/mol. The van der Waals surface area contributed by atoms with E-state index in [2.05, 4.69) is 25.6 Å². The molecule has 8 nitrogen and oxygen atoms in total. The predicted octanol–water partition coefficient (Wildman–Crippen LogP) is 0.901. The molecule has 3 N–H and O–H groups in total. The molecule has 1 aromatic heterocycles. The zero-order valence-corrected chi connectivity index (χ0v) is 12.9. The van der Waals surface area contributed by atoms with E-state index in [1.807, 2.05) is 13.8 Å². The lowest BCUT2D eigenvalue weighted by molar-refractivity contribution is 0.0615. The first-order valence-electron chi connectivity index (χ1n) is 7.23. The summed E-state index contributed by atoms with van der Waals surface area (Å²) in [4.78, 5) is 12.6. The molecule has 0 aromatic carbocycles. The molecular weight excluding hydrogens is 274 g/mol. The van der Waals surface area contributed by atoms with Crippen LogP contribution in [0.2, 0.25) is 0 Å². The molecule has 1 heterocycles. The van der Waals surface area contributed by atoms with E-state index in [-0.39, 0.29) is 0 Å². The van der Waals surface area contributed by atoms with Gasteiger partial charge in [0.25, 0.3) is 0 Å². The van der Waals surface area contributed by atoms with Crippen molar-refractivity contribution in [1.82, 2.24) is 15.0 Å². The van der Waals surface area contributed by atoms with Crippen LogP contribution in [-0.4, -0.2) is 59.6 Å². The number of hydrogen-bond acceptors (Lipinski definition) is 8. The summed E-state index contributed by atoms with van der Waals surface area (Å²) in [6, 6.07) is 0.294. The van der Waals surface area contributed by atoms with Crippen LogP contribution in [0.25, 0.3) is 0 Å². The van der Waals surface area contributed by atoms with E-state index in [1.165, 1.54) is 0 Å². The molecular formula is C13H25N5O3. The summed E-state index contributed by atoms with van der Waals surface area (Å²) >= 11 is 0. The summed E-state index contributed by atoms with van der Waals surface area (Å²) < 4.78 is 10.3. The fourth-order valence-corrected chi connectivity index (χ4v) is 1.56. The van der Waals surface area contributed by atoms with Crippen molar-refractivity contribution in [3.8, 4) is 6.01 Å². The van der Waals surface area contributed by atoms with Crippen molar-refractivity contribution in [2.24, 2.45) is 0 Å². The van der Waals surface area contributed by atoms with Crippen molar-refractivity contribution in [1.29, 1.82) is 0 Å². The third-order valence-corrected chi connectivity index (χ3v) is 2.50. The maximum atomic E-state index is 9.58. The van der Waals surface area contributed by atoms with Gasteiger partial charge < -0.3 is 25.2 Å². The summed E-state index contributed by atoms with van der Waals surface area (Å²) in [6.45, 7) is 6.10. The Kier molecular flexibility index (Phi) is 8.37. The summed E-state index contributed by atoms with van der Waals surface area (Å²) in [7, 11) is 1.56. The van der Waals surface area contributed by atoms with Gasteiger partial charge in [0, 0.05) is 20.2 Å². The van der Waals surface area contributed by atoms with E-state index in [1.54, 1.807) is 7.11 Å². The monoisotopic (exact) mass is 299 g/mol. The normalized spacial score (nSPS) is 12.0. The summed E-state index contributed by atoms with van der Waals surface area (Å²) in [5.41, 5.74) is 0. The standard InChI is InChI=1S/C13H25N5O3/c1-4-8-21-13-17-11(14-5-2)16-12(18-13)15-7-6-10(19)9-20-3/h10,19H,4-9H2,1-3H3,(H2,14,15,16,17,18). The minimum atomic E-state index is -0.506. The Hall–Kier alpha value is -1.67. The van der Waals surface area contributed by atoms with Crippen LogP contribution in [-0.2, 0) is 4.74 Å². The molecule has 0 spiro atoms. The number of anilines is 2. The number of methoxy groups -OCH3 is 1. The van der Waals surface area contributed by atoms with Crippen LogP contribution in [0.1, 0.15) is 26.7 Å². The Balaban J connectivity index is 2.59. The maximum Gasteiger partial charge on any atom is 0.323 e. The third kappa shape index (κ3) is 7.05. The first kappa shape index (κ1) is 17.4.